The van der Waals surface area contributed by atoms with Gasteiger partial charge in [-0.05, 0) is 31.4 Å². The minimum Gasteiger partial charge on any atom is -0.323 e. The van der Waals surface area contributed by atoms with E-state index in [0.29, 0.717) is 5.39 Å². The lowest BCUT2D eigenvalue weighted by atomic mass is 10.1. The molecule has 1 aromatic heterocycles. The quantitative estimate of drug-likeness (QED) is 0.485. The van der Waals surface area contributed by atoms with Crippen LogP contribution in [0.1, 0.15) is 25.5 Å². The summed E-state index contributed by atoms with van der Waals surface area (Å²) in [5, 5.41) is 5.08. The maximum absolute atomic E-state index is 12.2. The van der Waals surface area contributed by atoms with Crippen LogP contribution in [-0.4, -0.2) is 10.8 Å². The zero-order chi connectivity index (χ0) is 12.4. The molecule has 0 aliphatic carbocycles. The second kappa shape index (κ2) is 4.41. The average Bonchev–Trinajstić information content (AvgIpc) is 2.30. The van der Waals surface area contributed by atoms with Gasteiger partial charge in [-0.2, -0.15) is 5.10 Å². The van der Waals surface area contributed by atoms with Crippen LogP contribution >= 0.6 is 0 Å². The van der Waals surface area contributed by atoms with Crippen molar-refractivity contribution in [1.82, 2.24) is 4.57 Å². The minimum atomic E-state index is 0.0183. The van der Waals surface area contributed by atoms with Crippen LogP contribution in [0.15, 0.2) is 40.4 Å². The van der Waals surface area contributed by atoms with Gasteiger partial charge in [0.2, 0.25) is 0 Å². The molecule has 88 valence electrons. The number of hydrogen-bond donors (Lipinski definition) is 1. The van der Waals surface area contributed by atoms with Gasteiger partial charge >= 0.3 is 0 Å². The van der Waals surface area contributed by atoms with Gasteiger partial charge in [-0.3, -0.25) is 4.79 Å². The SMILES string of the molecule is CC(C)n1ccc2c(C=NN)cccc2c1=O. The van der Waals surface area contributed by atoms with Crippen LogP contribution in [0.4, 0.5) is 0 Å². The molecule has 0 radical (unpaired) electrons. The summed E-state index contributed by atoms with van der Waals surface area (Å²) in [5.41, 5.74) is 0.878. The van der Waals surface area contributed by atoms with E-state index < -0.39 is 0 Å². The fraction of sp³-hybridized carbons (Fsp3) is 0.231. The zero-order valence-corrected chi connectivity index (χ0v) is 9.92. The second-order valence-electron chi connectivity index (χ2n) is 4.21. The van der Waals surface area contributed by atoms with Crippen LogP contribution in [-0.2, 0) is 0 Å². The van der Waals surface area contributed by atoms with Crippen molar-refractivity contribution in [2.75, 3.05) is 0 Å². The summed E-state index contributed by atoms with van der Waals surface area (Å²) < 4.78 is 1.71. The van der Waals surface area contributed by atoms with Crippen molar-refractivity contribution in [1.29, 1.82) is 0 Å². The van der Waals surface area contributed by atoms with E-state index in [1.807, 2.05) is 44.3 Å². The molecule has 4 heteroatoms. The second-order valence-corrected chi connectivity index (χ2v) is 4.21. The smallest absolute Gasteiger partial charge is 0.258 e. The predicted octanol–water partition coefficient (Wildman–Crippen LogP) is 1.87. The molecule has 2 aromatic rings. The maximum Gasteiger partial charge on any atom is 0.258 e. The zero-order valence-electron chi connectivity index (χ0n) is 9.92. The lowest BCUT2D eigenvalue weighted by Crippen LogP contribution is -2.21. The molecule has 2 N–H and O–H groups in total. The monoisotopic (exact) mass is 229 g/mol. The fourth-order valence-corrected chi connectivity index (χ4v) is 1.92. The van der Waals surface area contributed by atoms with Crippen LogP contribution < -0.4 is 11.4 Å². The number of hydrogen-bond acceptors (Lipinski definition) is 3. The number of nitrogens with two attached hydrogens (primary N) is 1. The Bertz CT molecular complexity index is 626. The highest BCUT2D eigenvalue weighted by atomic mass is 16.1. The predicted molar refractivity (Wildman–Crippen MR) is 70.4 cm³/mol. The summed E-state index contributed by atoms with van der Waals surface area (Å²) in [5.74, 6) is 5.15. The van der Waals surface area contributed by atoms with Gasteiger partial charge in [-0.1, -0.05) is 12.1 Å². The van der Waals surface area contributed by atoms with Gasteiger partial charge < -0.3 is 10.4 Å². The Morgan fingerprint density at radius 3 is 2.71 bits per heavy atom. The number of aromatic nitrogens is 1. The normalized spacial score (nSPS) is 11.7. The van der Waals surface area contributed by atoms with E-state index in [1.54, 1.807) is 10.8 Å². The van der Waals surface area contributed by atoms with Crippen LogP contribution in [0, 0.1) is 0 Å². The van der Waals surface area contributed by atoms with E-state index in [4.69, 9.17) is 5.84 Å². The van der Waals surface area contributed by atoms with Gasteiger partial charge in [0.25, 0.3) is 5.56 Å². The molecule has 17 heavy (non-hydrogen) atoms. The highest BCUT2D eigenvalue weighted by Crippen LogP contribution is 2.15. The lowest BCUT2D eigenvalue weighted by Gasteiger charge is -2.11. The molecule has 1 heterocycles. The van der Waals surface area contributed by atoms with Gasteiger partial charge in [0.05, 0.1) is 6.21 Å². The Morgan fingerprint density at radius 1 is 1.29 bits per heavy atom. The first-order chi connectivity index (χ1) is 8.15. The average molecular weight is 229 g/mol. The van der Waals surface area contributed by atoms with Crippen molar-refractivity contribution < 1.29 is 0 Å². The molecule has 0 saturated heterocycles. The summed E-state index contributed by atoms with van der Waals surface area (Å²) in [7, 11) is 0. The number of rotatable bonds is 2. The third-order valence-corrected chi connectivity index (χ3v) is 2.78. The third-order valence-electron chi connectivity index (χ3n) is 2.78. The van der Waals surface area contributed by atoms with Crippen molar-refractivity contribution in [3.05, 3.63) is 46.4 Å². The molecule has 0 aliphatic heterocycles. The summed E-state index contributed by atoms with van der Waals surface area (Å²) in [6, 6.07) is 7.63. The van der Waals surface area contributed by atoms with Gasteiger partial charge in [-0.15, -0.1) is 0 Å². The number of nitrogens with zero attached hydrogens (tertiary/aromatic N) is 2. The molecule has 0 saturated carbocycles. The summed E-state index contributed by atoms with van der Waals surface area (Å²) in [6.07, 6.45) is 3.37. The summed E-state index contributed by atoms with van der Waals surface area (Å²) >= 11 is 0. The van der Waals surface area contributed by atoms with Crippen LogP contribution in [0.3, 0.4) is 0 Å². The van der Waals surface area contributed by atoms with E-state index in [-0.39, 0.29) is 11.6 Å². The Balaban J connectivity index is 2.81. The van der Waals surface area contributed by atoms with E-state index >= 15 is 0 Å². The molecular formula is C13H15N3O. The third kappa shape index (κ3) is 1.93. The number of benzene rings is 1. The Labute approximate surface area is 99.4 Å². The first kappa shape index (κ1) is 11.4. The van der Waals surface area contributed by atoms with Gasteiger partial charge in [0.15, 0.2) is 0 Å². The molecule has 0 aliphatic rings. The molecular weight excluding hydrogens is 214 g/mol. The van der Waals surface area contributed by atoms with E-state index in [9.17, 15) is 4.79 Å². The molecule has 4 nitrogen and oxygen atoms in total. The van der Waals surface area contributed by atoms with Crippen molar-refractivity contribution in [3.8, 4) is 0 Å². The van der Waals surface area contributed by atoms with Gasteiger partial charge in [-0.25, -0.2) is 0 Å². The van der Waals surface area contributed by atoms with Crippen LogP contribution in [0.25, 0.3) is 10.8 Å². The van der Waals surface area contributed by atoms with Crippen molar-refractivity contribution in [2.24, 2.45) is 10.9 Å². The van der Waals surface area contributed by atoms with E-state index in [1.165, 1.54) is 0 Å². The molecule has 0 fully saturated rings. The van der Waals surface area contributed by atoms with E-state index in [2.05, 4.69) is 5.10 Å². The molecule has 0 atom stereocenters. The minimum absolute atomic E-state index is 0.0183. The Morgan fingerprint density at radius 2 is 2.06 bits per heavy atom. The molecule has 0 spiro atoms. The van der Waals surface area contributed by atoms with Crippen LogP contribution in [0.2, 0.25) is 0 Å². The van der Waals surface area contributed by atoms with E-state index in [0.717, 1.165) is 10.9 Å². The lowest BCUT2D eigenvalue weighted by molar-refractivity contribution is 0.583. The van der Waals surface area contributed by atoms with Crippen molar-refractivity contribution >= 4 is 17.0 Å². The number of hydrazone groups is 1. The Hall–Kier alpha value is -2.10. The molecule has 0 unspecified atom stereocenters. The molecule has 2 rings (SSSR count). The van der Waals surface area contributed by atoms with Crippen molar-refractivity contribution in [3.63, 3.8) is 0 Å². The van der Waals surface area contributed by atoms with Crippen LogP contribution in [0.5, 0.6) is 0 Å². The maximum atomic E-state index is 12.2. The highest BCUT2D eigenvalue weighted by molar-refractivity contribution is 5.99. The van der Waals surface area contributed by atoms with Crippen molar-refractivity contribution in [2.45, 2.75) is 19.9 Å². The largest absolute Gasteiger partial charge is 0.323 e. The summed E-state index contributed by atoms with van der Waals surface area (Å²) in [4.78, 5) is 12.2. The summed E-state index contributed by atoms with van der Waals surface area (Å²) in [6.45, 7) is 3.97. The van der Waals surface area contributed by atoms with Gasteiger partial charge in [0.1, 0.15) is 0 Å². The van der Waals surface area contributed by atoms with Gasteiger partial charge in [0, 0.05) is 23.2 Å². The number of pyridine rings is 1. The highest BCUT2D eigenvalue weighted by Gasteiger charge is 2.06. The Kier molecular flexibility index (Phi) is 2.95. The number of fused-ring (bicyclic) bond motifs is 1. The first-order valence-corrected chi connectivity index (χ1v) is 5.52. The first-order valence-electron chi connectivity index (χ1n) is 5.52. The molecule has 0 amide bonds. The fourth-order valence-electron chi connectivity index (χ4n) is 1.92. The standard InChI is InChI=1S/C13H15N3O/c1-9(2)16-7-6-11-10(8-15-14)4-3-5-12(11)13(16)17/h3-9H,14H2,1-2H3. The topological polar surface area (TPSA) is 60.4 Å². The molecule has 0 bridgehead atoms. The molecule has 1 aromatic carbocycles.